The van der Waals surface area contributed by atoms with Gasteiger partial charge in [-0.3, -0.25) is 4.79 Å². The molecule has 26 heavy (non-hydrogen) atoms. The van der Waals surface area contributed by atoms with Crippen LogP contribution >= 0.6 is 11.8 Å². The number of nitrogens with zero attached hydrogens (tertiary/aromatic N) is 2. The zero-order chi connectivity index (χ0) is 18.5. The standard InChI is InChI=1S/C20H21N3O2S/c1-13(2)15-9-6-7-11-17(15)21-18(24)12-26-20-23-22-19(25-20)16-10-5-4-8-14(16)3/h4-11,13H,12H2,1-3H3,(H,21,24). The highest BCUT2D eigenvalue weighted by Gasteiger charge is 2.14. The van der Waals surface area contributed by atoms with E-state index in [1.807, 2.05) is 55.5 Å². The van der Waals surface area contributed by atoms with Gasteiger partial charge in [-0.1, -0.05) is 62.0 Å². The minimum absolute atomic E-state index is 0.0984. The molecule has 0 spiro atoms. The van der Waals surface area contributed by atoms with Gasteiger partial charge in [-0.15, -0.1) is 10.2 Å². The number of para-hydroxylation sites is 1. The van der Waals surface area contributed by atoms with Gasteiger partial charge in [0, 0.05) is 11.3 Å². The second-order valence-electron chi connectivity index (χ2n) is 6.27. The van der Waals surface area contributed by atoms with Crippen LogP contribution in [0.2, 0.25) is 0 Å². The topological polar surface area (TPSA) is 68.0 Å². The Kier molecular flexibility index (Phi) is 5.73. The van der Waals surface area contributed by atoms with E-state index in [-0.39, 0.29) is 11.7 Å². The summed E-state index contributed by atoms with van der Waals surface area (Å²) in [6.07, 6.45) is 0. The number of benzene rings is 2. The molecule has 1 N–H and O–H groups in total. The van der Waals surface area contributed by atoms with Gasteiger partial charge < -0.3 is 9.73 Å². The molecular formula is C20H21N3O2S. The number of carbonyl (C=O) groups is 1. The summed E-state index contributed by atoms with van der Waals surface area (Å²) in [4.78, 5) is 12.3. The van der Waals surface area contributed by atoms with Crippen LogP contribution in [0, 0.1) is 6.92 Å². The van der Waals surface area contributed by atoms with Gasteiger partial charge in [0.2, 0.25) is 11.8 Å². The molecule has 134 valence electrons. The molecule has 0 saturated heterocycles. The molecule has 6 heteroatoms. The van der Waals surface area contributed by atoms with Crippen molar-refractivity contribution in [3.8, 4) is 11.5 Å². The smallest absolute Gasteiger partial charge is 0.277 e. The maximum absolute atomic E-state index is 12.3. The van der Waals surface area contributed by atoms with E-state index in [0.29, 0.717) is 17.0 Å². The van der Waals surface area contributed by atoms with Gasteiger partial charge in [-0.05, 0) is 36.1 Å². The Labute approximate surface area is 157 Å². The average Bonchev–Trinajstić information content (AvgIpc) is 3.09. The first-order valence-electron chi connectivity index (χ1n) is 8.45. The minimum atomic E-state index is -0.0984. The number of aryl methyl sites for hydroxylation is 1. The van der Waals surface area contributed by atoms with Crippen LogP contribution in [0.1, 0.15) is 30.9 Å². The molecule has 0 bridgehead atoms. The molecule has 0 aliphatic carbocycles. The molecule has 0 aliphatic rings. The summed E-state index contributed by atoms with van der Waals surface area (Å²) in [6.45, 7) is 6.20. The van der Waals surface area contributed by atoms with Crippen molar-refractivity contribution in [3.63, 3.8) is 0 Å². The van der Waals surface area contributed by atoms with Crippen LogP contribution in [-0.2, 0) is 4.79 Å². The first-order valence-corrected chi connectivity index (χ1v) is 9.44. The summed E-state index contributed by atoms with van der Waals surface area (Å²) >= 11 is 1.23. The van der Waals surface area contributed by atoms with Gasteiger partial charge >= 0.3 is 0 Å². The predicted molar refractivity (Wildman–Crippen MR) is 104 cm³/mol. The fourth-order valence-corrected chi connectivity index (χ4v) is 3.18. The van der Waals surface area contributed by atoms with E-state index in [4.69, 9.17) is 4.42 Å². The van der Waals surface area contributed by atoms with Crippen molar-refractivity contribution in [1.82, 2.24) is 10.2 Å². The Balaban J connectivity index is 1.62. The van der Waals surface area contributed by atoms with Crippen LogP contribution in [0.3, 0.4) is 0 Å². The molecule has 0 radical (unpaired) electrons. The summed E-state index contributed by atoms with van der Waals surface area (Å²) in [5, 5.41) is 11.4. The number of rotatable bonds is 6. The number of nitrogens with one attached hydrogen (secondary N) is 1. The molecule has 0 fully saturated rings. The van der Waals surface area contributed by atoms with Crippen molar-refractivity contribution in [2.75, 3.05) is 11.1 Å². The van der Waals surface area contributed by atoms with Crippen LogP contribution in [0.4, 0.5) is 5.69 Å². The lowest BCUT2D eigenvalue weighted by Crippen LogP contribution is -2.15. The SMILES string of the molecule is Cc1ccccc1-c1nnc(SCC(=O)Nc2ccccc2C(C)C)o1. The molecule has 0 aliphatic heterocycles. The number of thioether (sulfide) groups is 1. The lowest BCUT2D eigenvalue weighted by Gasteiger charge is -2.13. The summed E-state index contributed by atoms with van der Waals surface area (Å²) < 4.78 is 5.67. The second kappa shape index (κ2) is 8.19. The Hall–Kier alpha value is -2.60. The molecule has 0 unspecified atom stereocenters. The van der Waals surface area contributed by atoms with Crippen molar-refractivity contribution < 1.29 is 9.21 Å². The average molecular weight is 367 g/mol. The molecule has 0 saturated carbocycles. The predicted octanol–water partition coefficient (Wildman–Crippen LogP) is 4.90. The molecular weight excluding hydrogens is 346 g/mol. The van der Waals surface area contributed by atoms with Gasteiger partial charge in [-0.2, -0.15) is 0 Å². The maximum atomic E-state index is 12.3. The first kappa shape index (κ1) is 18.2. The monoisotopic (exact) mass is 367 g/mol. The normalized spacial score (nSPS) is 10.9. The molecule has 0 atom stereocenters. The second-order valence-corrected chi connectivity index (χ2v) is 7.19. The van der Waals surface area contributed by atoms with E-state index in [2.05, 4.69) is 29.4 Å². The van der Waals surface area contributed by atoms with Gasteiger partial charge in [0.05, 0.1) is 5.75 Å². The molecule has 5 nitrogen and oxygen atoms in total. The zero-order valence-corrected chi connectivity index (χ0v) is 15.8. The van der Waals surface area contributed by atoms with E-state index in [9.17, 15) is 4.79 Å². The third kappa shape index (κ3) is 4.32. The lowest BCUT2D eigenvalue weighted by molar-refractivity contribution is -0.113. The van der Waals surface area contributed by atoms with Crippen molar-refractivity contribution in [3.05, 3.63) is 59.7 Å². The van der Waals surface area contributed by atoms with E-state index in [1.165, 1.54) is 11.8 Å². The molecule has 3 aromatic rings. The largest absolute Gasteiger partial charge is 0.411 e. The third-order valence-electron chi connectivity index (χ3n) is 3.97. The third-order valence-corrected chi connectivity index (χ3v) is 4.78. The van der Waals surface area contributed by atoms with Crippen molar-refractivity contribution in [2.24, 2.45) is 0 Å². The minimum Gasteiger partial charge on any atom is -0.411 e. The number of hydrogen-bond donors (Lipinski definition) is 1. The molecule has 1 aromatic heterocycles. The summed E-state index contributed by atoms with van der Waals surface area (Å²) in [5.74, 6) is 0.920. The summed E-state index contributed by atoms with van der Waals surface area (Å²) in [6, 6.07) is 15.7. The van der Waals surface area contributed by atoms with Crippen molar-refractivity contribution >= 4 is 23.4 Å². The van der Waals surface area contributed by atoms with Gasteiger partial charge in [-0.25, -0.2) is 0 Å². The molecule has 1 amide bonds. The summed E-state index contributed by atoms with van der Waals surface area (Å²) in [7, 11) is 0. The number of hydrogen-bond acceptors (Lipinski definition) is 5. The van der Waals surface area contributed by atoms with Crippen molar-refractivity contribution in [2.45, 2.75) is 31.9 Å². The Morgan fingerprint density at radius 1 is 1.12 bits per heavy atom. The van der Waals surface area contributed by atoms with Gasteiger partial charge in [0.15, 0.2) is 0 Å². The van der Waals surface area contributed by atoms with E-state index in [1.54, 1.807) is 0 Å². The summed E-state index contributed by atoms with van der Waals surface area (Å²) in [5.41, 5.74) is 3.93. The fourth-order valence-electron chi connectivity index (χ4n) is 2.62. The number of aromatic nitrogens is 2. The highest BCUT2D eigenvalue weighted by atomic mass is 32.2. The maximum Gasteiger partial charge on any atom is 0.277 e. The van der Waals surface area contributed by atoms with E-state index in [0.717, 1.165) is 22.4 Å². The van der Waals surface area contributed by atoms with Crippen LogP contribution in [0.5, 0.6) is 0 Å². The Bertz CT molecular complexity index is 905. The van der Waals surface area contributed by atoms with Gasteiger partial charge in [0.1, 0.15) is 0 Å². The van der Waals surface area contributed by atoms with Crippen molar-refractivity contribution in [1.29, 1.82) is 0 Å². The fraction of sp³-hybridized carbons (Fsp3) is 0.250. The Morgan fingerprint density at radius 3 is 2.62 bits per heavy atom. The van der Waals surface area contributed by atoms with E-state index < -0.39 is 0 Å². The number of anilines is 1. The van der Waals surface area contributed by atoms with Crippen LogP contribution in [-0.4, -0.2) is 21.9 Å². The Morgan fingerprint density at radius 2 is 1.85 bits per heavy atom. The van der Waals surface area contributed by atoms with Crippen LogP contribution < -0.4 is 5.32 Å². The molecule has 3 rings (SSSR count). The quantitative estimate of drug-likeness (QED) is 0.628. The first-order chi connectivity index (χ1) is 12.5. The van der Waals surface area contributed by atoms with E-state index >= 15 is 0 Å². The highest BCUT2D eigenvalue weighted by Crippen LogP contribution is 2.26. The van der Waals surface area contributed by atoms with Crippen LogP contribution in [0.25, 0.3) is 11.5 Å². The number of amides is 1. The van der Waals surface area contributed by atoms with Crippen LogP contribution in [0.15, 0.2) is 58.2 Å². The molecule has 2 aromatic carbocycles. The zero-order valence-electron chi connectivity index (χ0n) is 15.0. The molecule has 1 heterocycles. The highest BCUT2D eigenvalue weighted by molar-refractivity contribution is 7.99. The lowest BCUT2D eigenvalue weighted by atomic mass is 10.0. The van der Waals surface area contributed by atoms with Gasteiger partial charge in [0.25, 0.3) is 5.22 Å². The number of carbonyl (C=O) groups excluding carboxylic acids is 1.